The molecule has 0 heterocycles. The maximum Gasteiger partial charge on any atom is 0.303 e. The molecule has 0 aromatic rings. The van der Waals surface area contributed by atoms with Crippen LogP contribution >= 0.6 is 0 Å². The second-order valence-corrected chi connectivity index (χ2v) is 3.67. The standard InChI is InChI=1S/C10H21NO2/c1-9(2)11-8-6-4-3-5-7-10(12)13/h9,11H,3-8H2,1-2H3,(H,12,13). The molecule has 3 heteroatoms. The average molecular weight is 187 g/mol. The number of carboxylic acid groups (broad SMARTS) is 1. The minimum absolute atomic E-state index is 0.317. The van der Waals surface area contributed by atoms with Crippen molar-refractivity contribution in [3.63, 3.8) is 0 Å². The molecule has 0 aliphatic heterocycles. The summed E-state index contributed by atoms with van der Waals surface area (Å²) in [4.78, 5) is 10.2. The highest BCUT2D eigenvalue weighted by atomic mass is 16.4. The van der Waals surface area contributed by atoms with Crippen LogP contribution in [0.15, 0.2) is 0 Å². The van der Waals surface area contributed by atoms with Crippen molar-refractivity contribution >= 4 is 5.97 Å². The van der Waals surface area contributed by atoms with Crippen LogP contribution in [0, 0.1) is 0 Å². The third-order valence-electron chi connectivity index (χ3n) is 1.87. The van der Waals surface area contributed by atoms with Crippen molar-refractivity contribution < 1.29 is 9.90 Å². The lowest BCUT2D eigenvalue weighted by Gasteiger charge is -2.06. The van der Waals surface area contributed by atoms with Crippen LogP contribution in [0.25, 0.3) is 0 Å². The average Bonchev–Trinajstić information content (AvgIpc) is 2.01. The Morgan fingerprint density at radius 1 is 1.23 bits per heavy atom. The summed E-state index contributed by atoms with van der Waals surface area (Å²) in [6, 6.07) is 0.555. The van der Waals surface area contributed by atoms with E-state index in [2.05, 4.69) is 19.2 Å². The van der Waals surface area contributed by atoms with Crippen molar-refractivity contribution in [2.45, 2.75) is 52.0 Å². The highest BCUT2D eigenvalue weighted by Gasteiger charge is 1.96. The van der Waals surface area contributed by atoms with E-state index in [1.807, 2.05) is 0 Å². The van der Waals surface area contributed by atoms with E-state index in [1.54, 1.807) is 0 Å². The molecule has 0 aliphatic rings. The lowest BCUT2D eigenvalue weighted by molar-refractivity contribution is -0.137. The molecule has 13 heavy (non-hydrogen) atoms. The van der Waals surface area contributed by atoms with Crippen LogP contribution in [-0.4, -0.2) is 23.7 Å². The Hall–Kier alpha value is -0.570. The molecular weight excluding hydrogens is 166 g/mol. The Balaban J connectivity index is 2.96. The predicted octanol–water partition coefficient (Wildman–Crippen LogP) is 2.02. The van der Waals surface area contributed by atoms with Crippen LogP contribution < -0.4 is 5.32 Å². The van der Waals surface area contributed by atoms with Gasteiger partial charge in [-0.1, -0.05) is 26.7 Å². The molecule has 0 saturated heterocycles. The fourth-order valence-electron chi connectivity index (χ4n) is 1.15. The van der Waals surface area contributed by atoms with Gasteiger partial charge >= 0.3 is 5.97 Å². The second kappa shape index (κ2) is 8.05. The highest BCUT2D eigenvalue weighted by Crippen LogP contribution is 2.02. The predicted molar refractivity (Wildman–Crippen MR) is 53.9 cm³/mol. The summed E-state index contributed by atoms with van der Waals surface area (Å²) < 4.78 is 0. The largest absolute Gasteiger partial charge is 0.481 e. The van der Waals surface area contributed by atoms with Crippen molar-refractivity contribution in [3.8, 4) is 0 Å². The van der Waals surface area contributed by atoms with Crippen LogP contribution in [0.4, 0.5) is 0 Å². The highest BCUT2D eigenvalue weighted by molar-refractivity contribution is 5.66. The Morgan fingerprint density at radius 2 is 1.85 bits per heavy atom. The Morgan fingerprint density at radius 3 is 2.38 bits per heavy atom. The fourth-order valence-corrected chi connectivity index (χ4v) is 1.15. The molecule has 0 aromatic carbocycles. The lowest BCUT2D eigenvalue weighted by Crippen LogP contribution is -2.23. The van der Waals surface area contributed by atoms with Gasteiger partial charge in [-0.2, -0.15) is 0 Å². The number of carboxylic acids is 1. The van der Waals surface area contributed by atoms with Crippen molar-refractivity contribution in [2.24, 2.45) is 0 Å². The smallest absolute Gasteiger partial charge is 0.303 e. The van der Waals surface area contributed by atoms with E-state index in [-0.39, 0.29) is 0 Å². The van der Waals surface area contributed by atoms with Gasteiger partial charge in [-0.3, -0.25) is 4.79 Å². The molecule has 0 fully saturated rings. The molecule has 78 valence electrons. The Labute approximate surface area is 80.5 Å². The minimum Gasteiger partial charge on any atom is -0.481 e. The van der Waals surface area contributed by atoms with Crippen molar-refractivity contribution in [1.29, 1.82) is 0 Å². The maximum absolute atomic E-state index is 10.2. The number of hydrogen-bond acceptors (Lipinski definition) is 2. The summed E-state index contributed by atoms with van der Waals surface area (Å²) in [7, 11) is 0. The van der Waals surface area contributed by atoms with Crippen LogP contribution in [0.2, 0.25) is 0 Å². The summed E-state index contributed by atoms with van der Waals surface area (Å²) in [5.41, 5.74) is 0. The molecular formula is C10H21NO2. The summed E-state index contributed by atoms with van der Waals surface area (Å²) in [6.07, 6.45) is 4.45. The zero-order valence-corrected chi connectivity index (χ0v) is 8.68. The van der Waals surface area contributed by atoms with Crippen molar-refractivity contribution in [1.82, 2.24) is 5.32 Å². The number of aliphatic carboxylic acids is 1. The Bertz CT molecular complexity index is 135. The van der Waals surface area contributed by atoms with E-state index < -0.39 is 5.97 Å². The normalized spacial score (nSPS) is 10.7. The quantitative estimate of drug-likeness (QED) is 0.571. The van der Waals surface area contributed by atoms with E-state index in [0.717, 1.165) is 32.2 Å². The van der Waals surface area contributed by atoms with Crippen LogP contribution in [0.5, 0.6) is 0 Å². The monoisotopic (exact) mass is 187 g/mol. The van der Waals surface area contributed by atoms with Crippen LogP contribution in [0.3, 0.4) is 0 Å². The molecule has 3 nitrogen and oxygen atoms in total. The van der Waals surface area contributed by atoms with Crippen molar-refractivity contribution in [3.05, 3.63) is 0 Å². The zero-order valence-electron chi connectivity index (χ0n) is 8.68. The fraction of sp³-hybridized carbons (Fsp3) is 0.900. The molecule has 0 radical (unpaired) electrons. The molecule has 0 spiro atoms. The van der Waals surface area contributed by atoms with E-state index in [4.69, 9.17) is 5.11 Å². The summed E-state index contributed by atoms with van der Waals surface area (Å²) in [5.74, 6) is -0.680. The molecule has 2 N–H and O–H groups in total. The number of unbranched alkanes of at least 4 members (excludes halogenated alkanes) is 3. The molecule has 0 rings (SSSR count). The molecule has 0 aromatic heterocycles. The summed E-state index contributed by atoms with van der Waals surface area (Å²) >= 11 is 0. The van der Waals surface area contributed by atoms with E-state index in [9.17, 15) is 4.79 Å². The first-order valence-corrected chi connectivity index (χ1v) is 5.08. The van der Waals surface area contributed by atoms with Gasteiger partial charge in [0.15, 0.2) is 0 Å². The van der Waals surface area contributed by atoms with Crippen LogP contribution in [-0.2, 0) is 4.79 Å². The third kappa shape index (κ3) is 11.4. The number of rotatable bonds is 8. The second-order valence-electron chi connectivity index (χ2n) is 3.67. The molecule has 0 unspecified atom stereocenters. The van der Waals surface area contributed by atoms with Gasteiger partial charge in [0.2, 0.25) is 0 Å². The van der Waals surface area contributed by atoms with Gasteiger partial charge in [0, 0.05) is 12.5 Å². The van der Waals surface area contributed by atoms with E-state index in [1.165, 1.54) is 0 Å². The summed E-state index contributed by atoms with van der Waals surface area (Å²) in [5, 5.41) is 11.7. The topological polar surface area (TPSA) is 49.3 Å². The molecule has 0 aliphatic carbocycles. The van der Waals surface area contributed by atoms with Gasteiger partial charge in [0.05, 0.1) is 0 Å². The van der Waals surface area contributed by atoms with Gasteiger partial charge in [-0.05, 0) is 19.4 Å². The van der Waals surface area contributed by atoms with Gasteiger partial charge in [0.1, 0.15) is 0 Å². The van der Waals surface area contributed by atoms with Crippen molar-refractivity contribution in [2.75, 3.05) is 6.54 Å². The first kappa shape index (κ1) is 12.4. The maximum atomic E-state index is 10.2. The van der Waals surface area contributed by atoms with Gasteiger partial charge < -0.3 is 10.4 Å². The third-order valence-corrected chi connectivity index (χ3v) is 1.87. The minimum atomic E-state index is -0.680. The van der Waals surface area contributed by atoms with Gasteiger partial charge in [0.25, 0.3) is 0 Å². The first-order valence-electron chi connectivity index (χ1n) is 5.08. The molecule has 0 saturated carbocycles. The van der Waals surface area contributed by atoms with Crippen LogP contribution in [0.1, 0.15) is 46.0 Å². The number of hydrogen-bond donors (Lipinski definition) is 2. The number of nitrogens with one attached hydrogen (secondary N) is 1. The Kier molecular flexibility index (Phi) is 7.69. The van der Waals surface area contributed by atoms with E-state index in [0.29, 0.717) is 12.5 Å². The lowest BCUT2D eigenvalue weighted by atomic mass is 10.1. The number of carbonyl (C=O) groups is 1. The van der Waals surface area contributed by atoms with Gasteiger partial charge in [-0.15, -0.1) is 0 Å². The SMILES string of the molecule is CC(C)NCCCCCCC(=O)O. The molecule has 0 bridgehead atoms. The van der Waals surface area contributed by atoms with Gasteiger partial charge in [-0.25, -0.2) is 0 Å². The first-order chi connectivity index (χ1) is 6.13. The molecule has 0 atom stereocenters. The zero-order chi connectivity index (χ0) is 10.1. The molecule has 0 amide bonds. The summed E-state index contributed by atoms with van der Waals surface area (Å²) in [6.45, 7) is 5.31. The van der Waals surface area contributed by atoms with E-state index >= 15 is 0 Å².